The first-order valence-electron chi connectivity index (χ1n) is 9.73. The van der Waals surface area contributed by atoms with Crippen LogP contribution in [0.15, 0.2) is 78.2 Å². The molecule has 4 aromatic rings. The van der Waals surface area contributed by atoms with E-state index in [9.17, 15) is 26.4 Å². The maximum absolute atomic E-state index is 13.0. The quantitative estimate of drug-likeness (QED) is 0.461. The van der Waals surface area contributed by atoms with Gasteiger partial charge in [-0.3, -0.25) is 0 Å². The highest BCUT2D eigenvalue weighted by molar-refractivity contribution is 7.90. The van der Waals surface area contributed by atoms with Crippen molar-refractivity contribution in [1.82, 2.24) is 24.5 Å². The fourth-order valence-electron chi connectivity index (χ4n) is 3.22. The third-order valence-corrected chi connectivity index (χ3v) is 6.35. The summed E-state index contributed by atoms with van der Waals surface area (Å²) in [6.45, 7) is 1.59. The Morgan fingerprint density at radius 1 is 1.03 bits per heavy atom. The first kappa shape index (κ1) is 23.1. The Labute approximate surface area is 192 Å². The van der Waals surface area contributed by atoms with E-state index in [2.05, 4.69) is 15.1 Å². The molecular formula is C22H16F3N5O3S. The number of halogens is 3. The van der Waals surface area contributed by atoms with Gasteiger partial charge in [0.1, 0.15) is 12.0 Å². The lowest BCUT2D eigenvalue weighted by Gasteiger charge is -2.09. The molecule has 34 heavy (non-hydrogen) atoms. The number of amides is 1. The molecule has 0 atom stereocenters. The summed E-state index contributed by atoms with van der Waals surface area (Å²) in [5, 5.41) is 4.15. The van der Waals surface area contributed by atoms with E-state index in [4.69, 9.17) is 0 Å². The number of hydrogen-bond acceptors (Lipinski definition) is 6. The molecule has 0 aliphatic rings. The van der Waals surface area contributed by atoms with Gasteiger partial charge in [-0.25, -0.2) is 27.9 Å². The summed E-state index contributed by atoms with van der Waals surface area (Å²) in [6.07, 6.45) is -0.569. The molecule has 0 spiro atoms. The zero-order valence-electron chi connectivity index (χ0n) is 17.5. The molecule has 0 aliphatic carbocycles. The smallest absolute Gasteiger partial charge is 0.245 e. The van der Waals surface area contributed by atoms with Crippen LogP contribution in [0.5, 0.6) is 0 Å². The van der Waals surface area contributed by atoms with Gasteiger partial charge < -0.3 is 0 Å². The van der Waals surface area contributed by atoms with E-state index >= 15 is 0 Å². The van der Waals surface area contributed by atoms with Crippen molar-refractivity contribution in [2.75, 3.05) is 0 Å². The number of hydrogen-bond donors (Lipinski definition) is 1. The minimum Gasteiger partial charge on any atom is -0.245 e. The third-order valence-electron chi connectivity index (χ3n) is 4.87. The Bertz CT molecular complexity index is 1450. The molecule has 0 radical (unpaired) electrons. The molecule has 0 saturated carbocycles. The molecule has 12 heteroatoms. The lowest BCUT2D eigenvalue weighted by atomic mass is 10.0. The van der Waals surface area contributed by atoms with Crippen LogP contribution in [0.4, 0.5) is 18.0 Å². The van der Waals surface area contributed by atoms with Gasteiger partial charge in [0.2, 0.25) is 0 Å². The van der Waals surface area contributed by atoms with Crippen molar-refractivity contribution in [3.8, 4) is 22.5 Å². The zero-order chi connectivity index (χ0) is 24.5. The summed E-state index contributed by atoms with van der Waals surface area (Å²) < 4.78 is 67.0. The van der Waals surface area contributed by atoms with Gasteiger partial charge in [0.05, 0.1) is 16.2 Å². The van der Waals surface area contributed by atoms with E-state index in [1.807, 2.05) is 4.72 Å². The van der Waals surface area contributed by atoms with Crippen LogP contribution in [0, 0.1) is 6.92 Å². The average Bonchev–Trinajstić information content (AvgIpc) is 3.25. The maximum Gasteiger partial charge on any atom is 0.416 e. The first-order valence-corrected chi connectivity index (χ1v) is 11.2. The fraction of sp³-hybridized carbons (Fsp3) is 0.0909. The Kier molecular flexibility index (Phi) is 5.92. The highest BCUT2D eigenvalue weighted by Crippen LogP contribution is 2.33. The van der Waals surface area contributed by atoms with Crippen LogP contribution in [0.1, 0.15) is 11.1 Å². The number of rotatable bonds is 4. The van der Waals surface area contributed by atoms with E-state index in [-0.39, 0.29) is 16.2 Å². The molecule has 1 amide bonds. The molecule has 0 unspecified atom stereocenters. The van der Waals surface area contributed by atoms with Gasteiger partial charge >= 0.3 is 12.2 Å². The van der Waals surface area contributed by atoms with Gasteiger partial charge in [-0.2, -0.15) is 23.0 Å². The van der Waals surface area contributed by atoms with Gasteiger partial charge in [0.25, 0.3) is 10.0 Å². The largest absolute Gasteiger partial charge is 0.416 e. The van der Waals surface area contributed by atoms with Crippen LogP contribution in [0.25, 0.3) is 22.5 Å². The molecule has 174 valence electrons. The second-order valence-electron chi connectivity index (χ2n) is 7.18. The van der Waals surface area contributed by atoms with Crippen LogP contribution in [0.3, 0.4) is 0 Å². The molecule has 1 N–H and O–H groups in total. The summed E-state index contributed by atoms with van der Waals surface area (Å²) in [7, 11) is -4.20. The second kappa shape index (κ2) is 8.71. The van der Waals surface area contributed by atoms with Crippen molar-refractivity contribution in [2.45, 2.75) is 18.0 Å². The minimum atomic E-state index is -4.52. The van der Waals surface area contributed by atoms with Crippen LogP contribution in [-0.2, 0) is 16.2 Å². The molecule has 2 heterocycles. The van der Waals surface area contributed by atoms with E-state index in [0.29, 0.717) is 16.8 Å². The molecule has 4 rings (SSSR count). The SMILES string of the molecule is Cc1ccccc1S(=O)(=O)NC(=O)n1cc(-c2ccncn2)c(-c2ccc(C(F)(F)F)cc2)n1. The van der Waals surface area contributed by atoms with Crippen LogP contribution in [-0.4, -0.2) is 34.2 Å². The Hall–Kier alpha value is -4.06. The number of carbonyl (C=O) groups excluding carboxylic acids is 1. The number of alkyl halides is 3. The molecule has 0 fully saturated rings. The van der Waals surface area contributed by atoms with Crippen LogP contribution in [0.2, 0.25) is 0 Å². The number of aromatic nitrogens is 4. The lowest BCUT2D eigenvalue weighted by Crippen LogP contribution is -2.34. The Balaban J connectivity index is 1.74. The van der Waals surface area contributed by atoms with E-state index in [1.54, 1.807) is 19.1 Å². The van der Waals surface area contributed by atoms with Crippen molar-refractivity contribution in [1.29, 1.82) is 0 Å². The highest BCUT2D eigenvalue weighted by Gasteiger charge is 2.30. The van der Waals surface area contributed by atoms with Crippen LogP contribution >= 0.6 is 0 Å². The Morgan fingerprint density at radius 2 is 1.74 bits per heavy atom. The van der Waals surface area contributed by atoms with Crippen molar-refractivity contribution < 1.29 is 26.4 Å². The normalized spacial score (nSPS) is 11.9. The predicted octanol–water partition coefficient (Wildman–Crippen LogP) is 4.28. The highest BCUT2D eigenvalue weighted by atomic mass is 32.2. The number of aryl methyl sites for hydroxylation is 1. The standard InChI is InChI=1S/C22H16F3N5O3S/c1-14-4-2-3-5-19(14)34(32,33)29-21(31)30-12-17(18-10-11-26-13-27-18)20(28-30)15-6-8-16(9-7-15)22(23,24)25/h2-13H,1H3,(H,29,31). The van der Waals surface area contributed by atoms with Gasteiger partial charge in [-0.05, 0) is 36.8 Å². The summed E-state index contributed by atoms with van der Waals surface area (Å²) in [6, 6.07) is 10.8. The maximum atomic E-state index is 13.0. The molecule has 0 saturated heterocycles. The second-order valence-corrected chi connectivity index (χ2v) is 8.83. The molecule has 0 bridgehead atoms. The molecule has 8 nitrogen and oxygen atoms in total. The van der Waals surface area contributed by atoms with E-state index in [1.165, 1.54) is 49.1 Å². The summed E-state index contributed by atoms with van der Waals surface area (Å²) >= 11 is 0. The molecule has 2 aromatic heterocycles. The Morgan fingerprint density at radius 3 is 2.35 bits per heavy atom. The lowest BCUT2D eigenvalue weighted by molar-refractivity contribution is -0.137. The van der Waals surface area contributed by atoms with Gasteiger partial charge in [0.15, 0.2) is 0 Å². The van der Waals surface area contributed by atoms with Crippen molar-refractivity contribution >= 4 is 16.1 Å². The molecular weight excluding hydrogens is 471 g/mol. The average molecular weight is 487 g/mol. The van der Waals surface area contributed by atoms with Gasteiger partial charge in [-0.15, -0.1) is 0 Å². The van der Waals surface area contributed by atoms with Crippen LogP contribution < -0.4 is 4.72 Å². The van der Waals surface area contributed by atoms with Crippen molar-refractivity contribution in [2.24, 2.45) is 0 Å². The van der Waals surface area contributed by atoms with Crippen molar-refractivity contribution in [3.05, 3.63) is 84.4 Å². The number of carbonyl (C=O) groups is 1. The predicted molar refractivity (Wildman–Crippen MR) is 116 cm³/mol. The number of nitrogens with zero attached hydrogens (tertiary/aromatic N) is 4. The fourth-order valence-corrected chi connectivity index (χ4v) is 4.40. The number of nitrogens with one attached hydrogen (secondary N) is 1. The number of benzene rings is 2. The first-order chi connectivity index (χ1) is 16.1. The summed E-state index contributed by atoms with van der Waals surface area (Å²) in [5.74, 6) is 0. The molecule has 0 aliphatic heterocycles. The van der Waals surface area contributed by atoms with Gasteiger partial charge in [0, 0.05) is 23.5 Å². The summed E-state index contributed by atoms with van der Waals surface area (Å²) in [4.78, 5) is 20.6. The monoisotopic (exact) mass is 487 g/mol. The molecule has 2 aromatic carbocycles. The zero-order valence-corrected chi connectivity index (χ0v) is 18.3. The number of sulfonamides is 1. The minimum absolute atomic E-state index is 0.0745. The topological polar surface area (TPSA) is 107 Å². The summed E-state index contributed by atoms with van der Waals surface area (Å²) in [5.41, 5.74) is 0.638. The van der Waals surface area contributed by atoms with Gasteiger partial charge in [-0.1, -0.05) is 30.3 Å². The van der Waals surface area contributed by atoms with E-state index < -0.39 is 27.8 Å². The van der Waals surface area contributed by atoms with E-state index in [0.717, 1.165) is 16.8 Å². The third kappa shape index (κ3) is 4.66. The van der Waals surface area contributed by atoms with Crippen molar-refractivity contribution in [3.63, 3.8) is 0 Å².